The maximum absolute atomic E-state index is 12.2. The van der Waals surface area contributed by atoms with Crippen molar-refractivity contribution in [2.24, 2.45) is 5.92 Å². The molecule has 118 valence electrons. The third-order valence-electron chi connectivity index (χ3n) is 3.16. The number of rotatable bonds is 8. The van der Waals surface area contributed by atoms with Gasteiger partial charge in [0, 0.05) is 19.2 Å². The van der Waals surface area contributed by atoms with E-state index in [9.17, 15) is 18.5 Å². The van der Waals surface area contributed by atoms with Crippen LogP contribution in [-0.2, 0) is 10.0 Å². The Hall–Kier alpha value is -1.67. The van der Waals surface area contributed by atoms with Crippen molar-refractivity contribution in [3.63, 3.8) is 0 Å². The molecule has 8 heteroatoms. The highest BCUT2D eigenvalue weighted by Gasteiger charge is 2.20. The molecule has 2 N–H and O–H groups in total. The Kier molecular flexibility index (Phi) is 6.10. The van der Waals surface area contributed by atoms with E-state index in [2.05, 4.69) is 10.0 Å². The van der Waals surface area contributed by atoms with Crippen LogP contribution in [0.25, 0.3) is 0 Å². The monoisotopic (exact) mass is 315 g/mol. The van der Waals surface area contributed by atoms with E-state index >= 15 is 0 Å². The number of hydrogen-bond donors (Lipinski definition) is 2. The first kappa shape index (κ1) is 17.4. The predicted octanol–water partition coefficient (Wildman–Crippen LogP) is 2.35. The molecule has 1 rings (SSSR count). The third kappa shape index (κ3) is 4.68. The standard InChI is InChI=1S/C13H21N3O4S/c1-4-10(3)9-15-21(19,20)11-6-7-13(16(17)18)12(8-11)14-5-2/h6-8,10,14-15H,4-5,9H2,1-3H3. The van der Waals surface area contributed by atoms with Crippen LogP contribution >= 0.6 is 0 Å². The Balaban J connectivity index is 3.07. The van der Waals surface area contributed by atoms with Crippen LogP contribution < -0.4 is 10.0 Å². The summed E-state index contributed by atoms with van der Waals surface area (Å²) >= 11 is 0. The van der Waals surface area contributed by atoms with Gasteiger partial charge in [-0.25, -0.2) is 13.1 Å². The zero-order chi connectivity index (χ0) is 16.0. The van der Waals surface area contributed by atoms with Gasteiger partial charge in [-0.1, -0.05) is 20.3 Å². The van der Waals surface area contributed by atoms with Crippen LogP contribution in [0.15, 0.2) is 23.1 Å². The van der Waals surface area contributed by atoms with E-state index in [1.807, 2.05) is 13.8 Å². The first-order valence-electron chi connectivity index (χ1n) is 6.83. The van der Waals surface area contributed by atoms with Crippen LogP contribution in [0.4, 0.5) is 11.4 Å². The van der Waals surface area contributed by atoms with Crippen LogP contribution in [-0.4, -0.2) is 26.4 Å². The summed E-state index contributed by atoms with van der Waals surface area (Å²) in [6.45, 7) is 6.51. The molecular formula is C13H21N3O4S. The summed E-state index contributed by atoms with van der Waals surface area (Å²) in [5.41, 5.74) is 0.0617. The first-order valence-corrected chi connectivity index (χ1v) is 8.32. The van der Waals surface area contributed by atoms with Crippen molar-refractivity contribution in [2.75, 3.05) is 18.4 Å². The van der Waals surface area contributed by atoms with Gasteiger partial charge in [0.1, 0.15) is 5.69 Å². The Morgan fingerprint density at radius 2 is 2.00 bits per heavy atom. The second kappa shape index (κ2) is 7.37. The minimum atomic E-state index is -3.66. The Morgan fingerprint density at radius 1 is 1.33 bits per heavy atom. The summed E-state index contributed by atoms with van der Waals surface area (Å²) in [7, 11) is -3.66. The molecule has 0 bridgehead atoms. The molecule has 0 spiro atoms. The van der Waals surface area contributed by atoms with Gasteiger partial charge < -0.3 is 5.32 Å². The predicted molar refractivity (Wildman–Crippen MR) is 81.9 cm³/mol. The first-order chi connectivity index (χ1) is 9.81. The fraction of sp³-hybridized carbons (Fsp3) is 0.538. The zero-order valence-electron chi connectivity index (χ0n) is 12.4. The average Bonchev–Trinajstić information content (AvgIpc) is 2.44. The molecule has 0 aliphatic heterocycles. The Morgan fingerprint density at radius 3 is 2.52 bits per heavy atom. The second-order valence-corrected chi connectivity index (χ2v) is 6.60. The summed E-state index contributed by atoms with van der Waals surface area (Å²) in [6, 6.07) is 3.74. The van der Waals surface area contributed by atoms with Gasteiger partial charge in [0.15, 0.2) is 0 Å². The van der Waals surface area contributed by atoms with Crippen molar-refractivity contribution in [3.8, 4) is 0 Å². The molecular weight excluding hydrogens is 294 g/mol. The summed E-state index contributed by atoms with van der Waals surface area (Å²) in [4.78, 5) is 10.4. The fourth-order valence-electron chi connectivity index (χ4n) is 1.65. The van der Waals surface area contributed by atoms with Crippen LogP contribution in [0.5, 0.6) is 0 Å². The van der Waals surface area contributed by atoms with E-state index in [1.54, 1.807) is 6.92 Å². The molecule has 1 atom stereocenters. The van der Waals surface area contributed by atoms with Gasteiger partial charge in [-0.2, -0.15) is 0 Å². The van der Waals surface area contributed by atoms with Crippen molar-refractivity contribution < 1.29 is 13.3 Å². The molecule has 0 radical (unpaired) electrons. The lowest BCUT2D eigenvalue weighted by Crippen LogP contribution is -2.28. The molecule has 1 unspecified atom stereocenters. The number of hydrogen-bond acceptors (Lipinski definition) is 5. The topological polar surface area (TPSA) is 101 Å². The maximum Gasteiger partial charge on any atom is 0.292 e. The molecule has 0 fully saturated rings. The second-order valence-electron chi connectivity index (χ2n) is 4.83. The minimum absolute atomic E-state index is 0.0207. The van der Waals surface area contributed by atoms with Crippen LogP contribution in [0, 0.1) is 16.0 Å². The van der Waals surface area contributed by atoms with E-state index in [0.717, 1.165) is 6.42 Å². The van der Waals surface area contributed by atoms with Crippen molar-refractivity contribution in [1.82, 2.24) is 4.72 Å². The van der Waals surface area contributed by atoms with Gasteiger partial charge in [-0.05, 0) is 25.0 Å². The van der Waals surface area contributed by atoms with E-state index in [4.69, 9.17) is 0 Å². The Labute approximate surface area is 124 Å². The Bertz CT molecular complexity index is 601. The van der Waals surface area contributed by atoms with Crippen molar-refractivity contribution in [1.29, 1.82) is 0 Å². The molecule has 7 nitrogen and oxygen atoms in total. The highest BCUT2D eigenvalue weighted by molar-refractivity contribution is 7.89. The minimum Gasteiger partial charge on any atom is -0.380 e. The van der Waals surface area contributed by atoms with Crippen LogP contribution in [0.2, 0.25) is 0 Å². The van der Waals surface area contributed by atoms with E-state index in [-0.39, 0.29) is 22.2 Å². The summed E-state index contributed by atoms with van der Waals surface area (Å²) in [5, 5.41) is 13.7. The highest BCUT2D eigenvalue weighted by Crippen LogP contribution is 2.27. The molecule has 0 heterocycles. The van der Waals surface area contributed by atoms with Gasteiger partial charge in [0.2, 0.25) is 10.0 Å². The summed E-state index contributed by atoms with van der Waals surface area (Å²) < 4.78 is 26.9. The van der Waals surface area contributed by atoms with Gasteiger partial charge in [-0.15, -0.1) is 0 Å². The number of benzene rings is 1. The normalized spacial score (nSPS) is 12.9. The zero-order valence-corrected chi connectivity index (χ0v) is 13.2. The number of nitro benzene ring substituents is 1. The highest BCUT2D eigenvalue weighted by atomic mass is 32.2. The largest absolute Gasteiger partial charge is 0.380 e. The number of anilines is 1. The van der Waals surface area contributed by atoms with Gasteiger partial charge in [0.05, 0.1) is 9.82 Å². The summed E-state index contributed by atoms with van der Waals surface area (Å²) in [6.07, 6.45) is 0.866. The van der Waals surface area contributed by atoms with Crippen LogP contribution in [0.1, 0.15) is 27.2 Å². The van der Waals surface area contributed by atoms with Crippen LogP contribution in [0.3, 0.4) is 0 Å². The van der Waals surface area contributed by atoms with Gasteiger partial charge >= 0.3 is 0 Å². The van der Waals surface area contributed by atoms with E-state index in [1.165, 1.54) is 18.2 Å². The SMILES string of the molecule is CCNc1cc(S(=O)(=O)NCC(C)CC)ccc1[N+](=O)[O-]. The molecule has 0 aliphatic carbocycles. The molecule has 1 aromatic carbocycles. The van der Waals surface area contributed by atoms with E-state index in [0.29, 0.717) is 13.1 Å². The molecule has 1 aromatic rings. The fourth-order valence-corrected chi connectivity index (χ4v) is 2.84. The van der Waals surface area contributed by atoms with Crippen molar-refractivity contribution in [2.45, 2.75) is 32.1 Å². The lowest BCUT2D eigenvalue weighted by atomic mass is 10.1. The number of nitro groups is 1. The van der Waals surface area contributed by atoms with Crippen molar-refractivity contribution in [3.05, 3.63) is 28.3 Å². The molecule has 0 saturated carbocycles. The number of nitrogens with one attached hydrogen (secondary N) is 2. The molecule has 0 saturated heterocycles. The molecule has 0 amide bonds. The number of nitrogens with zero attached hydrogens (tertiary/aromatic N) is 1. The third-order valence-corrected chi connectivity index (χ3v) is 4.58. The quantitative estimate of drug-likeness (QED) is 0.566. The molecule has 21 heavy (non-hydrogen) atoms. The van der Waals surface area contributed by atoms with E-state index < -0.39 is 14.9 Å². The summed E-state index contributed by atoms with van der Waals surface area (Å²) in [5.74, 6) is 0.228. The average molecular weight is 315 g/mol. The van der Waals surface area contributed by atoms with Crippen molar-refractivity contribution >= 4 is 21.4 Å². The molecule has 0 aliphatic rings. The van der Waals surface area contributed by atoms with Gasteiger partial charge in [-0.3, -0.25) is 10.1 Å². The lowest BCUT2D eigenvalue weighted by molar-refractivity contribution is -0.384. The smallest absolute Gasteiger partial charge is 0.292 e. The van der Waals surface area contributed by atoms with Gasteiger partial charge in [0.25, 0.3) is 5.69 Å². The maximum atomic E-state index is 12.2. The number of sulfonamides is 1. The molecule has 0 aromatic heterocycles. The lowest BCUT2D eigenvalue weighted by Gasteiger charge is -2.12.